The molecule has 0 radical (unpaired) electrons. The molecule has 0 aliphatic carbocycles. The third-order valence-corrected chi connectivity index (χ3v) is 3.59. The highest BCUT2D eigenvalue weighted by Crippen LogP contribution is 2.20. The summed E-state index contributed by atoms with van der Waals surface area (Å²) in [5, 5.41) is 0. The molecule has 1 fully saturated rings. The topological polar surface area (TPSA) is 46.6 Å². The minimum Gasteiger partial charge on any atom is -0.465 e. The van der Waals surface area contributed by atoms with Crippen molar-refractivity contribution >= 4 is 11.8 Å². The highest BCUT2D eigenvalue weighted by atomic mass is 16.5. The molecule has 1 heterocycles. The number of nitrogens with zero attached hydrogens (tertiary/aromatic N) is 1. The van der Waals surface area contributed by atoms with E-state index in [9.17, 15) is 9.59 Å². The maximum Gasteiger partial charge on any atom is 0.320 e. The van der Waals surface area contributed by atoms with Crippen molar-refractivity contribution < 1.29 is 14.3 Å². The third-order valence-electron chi connectivity index (χ3n) is 3.59. The van der Waals surface area contributed by atoms with Crippen LogP contribution in [0.3, 0.4) is 0 Å². The molecule has 1 saturated heterocycles. The van der Waals surface area contributed by atoms with Crippen LogP contribution in [0, 0.1) is 5.92 Å². The zero-order chi connectivity index (χ0) is 14.4. The quantitative estimate of drug-likeness (QED) is 0.610. The molecule has 0 amide bonds. The fourth-order valence-electron chi connectivity index (χ4n) is 2.64. The molecule has 0 bridgehead atoms. The van der Waals surface area contributed by atoms with Crippen LogP contribution in [0.2, 0.25) is 0 Å². The standard InChI is InChI=1S/C16H21NO3/c1-2-20-15(18)12-17-10-6-9-14(11-17)16(19)13-7-4-3-5-8-13/h3-5,7-8,14H,2,6,9-12H2,1H3. The Morgan fingerprint density at radius 2 is 2.05 bits per heavy atom. The van der Waals surface area contributed by atoms with E-state index in [-0.39, 0.29) is 24.2 Å². The highest BCUT2D eigenvalue weighted by molar-refractivity contribution is 5.98. The summed E-state index contributed by atoms with van der Waals surface area (Å²) in [5.74, 6) is -0.0416. The van der Waals surface area contributed by atoms with Crippen molar-refractivity contribution in [2.45, 2.75) is 19.8 Å². The minimum atomic E-state index is -0.208. The molecule has 2 rings (SSSR count). The van der Waals surface area contributed by atoms with Crippen LogP contribution in [-0.4, -0.2) is 42.9 Å². The molecule has 1 aromatic carbocycles. The first-order valence-electron chi connectivity index (χ1n) is 7.18. The molecule has 1 unspecified atom stereocenters. The van der Waals surface area contributed by atoms with E-state index in [1.165, 1.54) is 0 Å². The van der Waals surface area contributed by atoms with Crippen molar-refractivity contribution in [2.75, 3.05) is 26.2 Å². The van der Waals surface area contributed by atoms with Gasteiger partial charge in [0.15, 0.2) is 5.78 Å². The zero-order valence-corrected chi connectivity index (χ0v) is 11.9. The van der Waals surface area contributed by atoms with Crippen molar-refractivity contribution in [3.63, 3.8) is 0 Å². The number of ether oxygens (including phenoxy) is 1. The van der Waals surface area contributed by atoms with Gasteiger partial charge in [-0.3, -0.25) is 14.5 Å². The normalized spacial score (nSPS) is 19.6. The van der Waals surface area contributed by atoms with E-state index in [4.69, 9.17) is 4.74 Å². The molecular weight excluding hydrogens is 254 g/mol. The lowest BCUT2D eigenvalue weighted by atomic mass is 9.90. The Bertz CT molecular complexity index is 458. The summed E-state index contributed by atoms with van der Waals surface area (Å²) in [7, 11) is 0. The number of ketones is 1. The van der Waals surface area contributed by atoms with Crippen LogP contribution in [-0.2, 0) is 9.53 Å². The number of rotatable bonds is 5. The molecule has 1 aromatic rings. The molecule has 1 aliphatic heterocycles. The Morgan fingerprint density at radius 3 is 2.75 bits per heavy atom. The van der Waals surface area contributed by atoms with Gasteiger partial charge in [-0.2, -0.15) is 0 Å². The minimum absolute atomic E-state index is 0.0134. The smallest absolute Gasteiger partial charge is 0.320 e. The van der Waals surface area contributed by atoms with E-state index >= 15 is 0 Å². The van der Waals surface area contributed by atoms with E-state index in [1.54, 1.807) is 6.92 Å². The molecule has 20 heavy (non-hydrogen) atoms. The van der Waals surface area contributed by atoms with E-state index in [0.29, 0.717) is 13.2 Å². The lowest BCUT2D eigenvalue weighted by Gasteiger charge is -2.31. The van der Waals surface area contributed by atoms with Crippen molar-refractivity contribution in [1.29, 1.82) is 0 Å². The molecular formula is C16H21NO3. The van der Waals surface area contributed by atoms with Gasteiger partial charge in [0.05, 0.1) is 13.2 Å². The molecule has 0 spiro atoms. The van der Waals surface area contributed by atoms with Gasteiger partial charge >= 0.3 is 5.97 Å². The fraction of sp³-hybridized carbons (Fsp3) is 0.500. The average molecular weight is 275 g/mol. The van der Waals surface area contributed by atoms with Crippen LogP contribution in [0.15, 0.2) is 30.3 Å². The Labute approximate surface area is 119 Å². The van der Waals surface area contributed by atoms with Crippen molar-refractivity contribution in [2.24, 2.45) is 5.92 Å². The second-order valence-corrected chi connectivity index (χ2v) is 5.11. The SMILES string of the molecule is CCOC(=O)CN1CCCC(C(=O)c2ccccc2)C1. The van der Waals surface area contributed by atoms with Gasteiger partial charge < -0.3 is 4.74 Å². The lowest BCUT2D eigenvalue weighted by molar-refractivity contribution is -0.144. The van der Waals surface area contributed by atoms with Gasteiger partial charge in [-0.15, -0.1) is 0 Å². The summed E-state index contributed by atoms with van der Waals surface area (Å²) in [5.41, 5.74) is 0.760. The molecule has 108 valence electrons. The molecule has 4 nitrogen and oxygen atoms in total. The van der Waals surface area contributed by atoms with E-state index < -0.39 is 0 Å². The summed E-state index contributed by atoms with van der Waals surface area (Å²) >= 11 is 0. The number of esters is 1. The molecule has 1 atom stereocenters. The van der Waals surface area contributed by atoms with Crippen LogP contribution >= 0.6 is 0 Å². The molecule has 0 saturated carbocycles. The summed E-state index contributed by atoms with van der Waals surface area (Å²) in [6.45, 7) is 3.99. The summed E-state index contributed by atoms with van der Waals surface area (Å²) < 4.78 is 4.96. The zero-order valence-electron chi connectivity index (χ0n) is 11.9. The monoisotopic (exact) mass is 275 g/mol. The number of likely N-dealkylation sites (tertiary alicyclic amines) is 1. The predicted molar refractivity (Wildman–Crippen MR) is 76.6 cm³/mol. The van der Waals surface area contributed by atoms with E-state index in [0.717, 1.165) is 24.9 Å². The van der Waals surface area contributed by atoms with Gasteiger partial charge in [0.2, 0.25) is 0 Å². The van der Waals surface area contributed by atoms with Gasteiger partial charge in [-0.1, -0.05) is 30.3 Å². The first-order valence-corrected chi connectivity index (χ1v) is 7.18. The maximum absolute atomic E-state index is 12.4. The third kappa shape index (κ3) is 3.90. The van der Waals surface area contributed by atoms with E-state index in [1.807, 2.05) is 35.2 Å². The lowest BCUT2D eigenvalue weighted by Crippen LogP contribution is -2.41. The first-order chi connectivity index (χ1) is 9.70. The van der Waals surface area contributed by atoms with Crippen LogP contribution in [0.25, 0.3) is 0 Å². The van der Waals surface area contributed by atoms with Gasteiger partial charge in [-0.05, 0) is 26.3 Å². The van der Waals surface area contributed by atoms with Gasteiger partial charge in [0.1, 0.15) is 0 Å². The Balaban J connectivity index is 1.93. The Morgan fingerprint density at radius 1 is 1.30 bits per heavy atom. The molecule has 0 N–H and O–H groups in total. The number of benzene rings is 1. The largest absolute Gasteiger partial charge is 0.465 e. The second kappa shape index (κ2) is 7.20. The van der Waals surface area contributed by atoms with Gasteiger partial charge in [0, 0.05) is 18.0 Å². The van der Waals surface area contributed by atoms with Crippen molar-refractivity contribution in [3.8, 4) is 0 Å². The number of piperidine rings is 1. The highest BCUT2D eigenvalue weighted by Gasteiger charge is 2.27. The van der Waals surface area contributed by atoms with Gasteiger partial charge in [-0.25, -0.2) is 0 Å². The molecule has 1 aliphatic rings. The summed E-state index contributed by atoms with van der Waals surface area (Å²) in [4.78, 5) is 25.9. The average Bonchev–Trinajstić information content (AvgIpc) is 2.48. The number of carbonyl (C=O) groups excluding carboxylic acids is 2. The first kappa shape index (κ1) is 14.7. The maximum atomic E-state index is 12.4. The van der Waals surface area contributed by atoms with Crippen LogP contribution < -0.4 is 0 Å². The van der Waals surface area contributed by atoms with Gasteiger partial charge in [0.25, 0.3) is 0 Å². The van der Waals surface area contributed by atoms with Crippen molar-refractivity contribution in [3.05, 3.63) is 35.9 Å². The number of Topliss-reactive ketones (excluding diaryl/α,β-unsaturated/α-hetero) is 1. The van der Waals surface area contributed by atoms with Crippen molar-refractivity contribution in [1.82, 2.24) is 4.90 Å². The van der Waals surface area contributed by atoms with Crippen LogP contribution in [0.5, 0.6) is 0 Å². The number of carbonyl (C=O) groups is 2. The van der Waals surface area contributed by atoms with E-state index in [2.05, 4.69) is 0 Å². The molecule has 4 heteroatoms. The summed E-state index contributed by atoms with van der Waals surface area (Å²) in [6.07, 6.45) is 1.84. The number of hydrogen-bond donors (Lipinski definition) is 0. The summed E-state index contributed by atoms with van der Waals surface area (Å²) in [6, 6.07) is 9.38. The Hall–Kier alpha value is -1.68. The predicted octanol–water partition coefficient (Wildman–Crippen LogP) is 2.14. The molecule has 0 aromatic heterocycles. The number of hydrogen-bond acceptors (Lipinski definition) is 4. The fourth-order valence-corrected chi connectivity index (χ4v) is 2.64. The second-order valence-electron chi connectivity index (χ2n) is 5.11. The van der Waals surface area contributed by atoms with Crippen LogP contribution in [0.1, 0.15) is 30.1 Å². The van der Waals surface area contributed by atoms with Crippen LogP contribution in [0.4, 0.5) is 0 Å². The Kier molecular flexibility index (Phi) is 5.30.